The van der Waals surface area contributed by atoms with E-state index in [-0.39, 0.29) is 35.2 Å². The minimum absolute atomic E-state index is 0.0342. The molecule has 4 rings (SSSR count). The van der Waals surface area contributed by atoms with Gasteiger partial charge < -0.3 is 14.8 Å². The van der Waals surface area contributed by atoms with E-state index in [0.717, 1.165) is 11.6 Å². The van der Waals surface area contributed by atoms with Gasteiger partial charge in [-0.3, -0.25) is 15.0 Å². The molecule has 176 valence electrons. The average molecular weight is 463 g/mol. The number of aliphatic hydroxyl groups is 2. The zero-order valence-electron chi connectivity index (χ0n) is 17.7. The average Bonchev–Trinajstić information content (AvgIpc) is 3.12. The standard InChI is InChI=1S/C23H24F3N3O4/c24-23(25,26)22(31,15-27-10-4-7-18(30)13-27)20-14-28(12-16-5-2-1-3-6-16)21-11-17(29(32)33)8-9-19(20)21/h1-3,5-6,8-9,11,14,18,30-31H,4,7,10,12-13,15H2. The van der Waals surface area contributed by atoms with E-state index in [1.54, 1.807) is 24.3 Å². The SMILES string of the molecule is O=[N+]([O-])c1ccc2c(C(O)(CN3CCCC(O)C3)C(F)(F)F)cn(Cc3ccccc3)c2c1. The van der Waals surface area contributed by atoms with Crippen LogP contribution in [0.1, 0.15) is 24.0 Å². The molecular formula is C23H24F3N3O4. The maximum atomic E-state index is 14.4. The van der Waals surface area contributed by atoms with Crippen LogP contribution in [0.25, 0.3) is 10.9 Å². The Kier molecular flexibility index (Phi) is 6.17. The number of fused-ring (bicyclic) bond motifs is 1. The molecule has 0 aliphatic carbocycles. The largest absolute Gasteiger partial charge is 0.422 e. The number of rotatable bonds is 6. The number of β-amino-alcohol motifs (C(OH)–C–C–N with tert-alkyl or cyclic N) is 2. The lowest BCUT2D eigenvalue weighted by atomic mass is 9.91. The van der Waals surface area contributed by atoms with Gasteiger partial charge in [-0.05, 0) is 31.0 Å². The first-order chi connectivity index (χ1) is 15.6. The molecule has 2 atom stereocenters. The zero-order valence-corrected chi connectivity index (χ0v) is 17.7. The van der Waals surface area contributed by atoms with Crippen LogP contribution in [0.4, 0.5) is 18.9 Å². The number of non-ortho nitro benzene ring substituents is 1. The number of piperidine rings is 1. The molecule has 1 saturated heterocycles. The summed E-state index contributed by atoms with van der Waals surface area (Å²) in [5, 5.41) is 32.4. The van der Waals surface area contributed by atoms with E-state index in [1.807, 2.05) is 6.07 Å². The van der Waals surface area contributed by atoms with Crippen LogP contribution in [0, 0.1) is 10.1 Å². The lowest BCUT2D eigenvalue weighted by molar-refractivity contribution is -0.384. The van der Waals surface area contributed by atoms with Gasteiger partial charge in [-0.15, -0.1) is 0 Å². The molecule has 1 fully saturated rings. The molecule has 7 nitrogen and oxygen atoms in total. The summed E-state index contributed by atoms with van der Waals surface area (Å²) in [7, 11) is 0. The summed E-state index contributed by atoms with van der Waals surface area (Å²) < 4.78 is 44.6. The van der Waals surface area contributed by atoms with Crippen molar-refractivity contribution in [1.82, 2.24) is 9.47 Å². The predicted molar refractivity (Wildman–Crippen MR) is 116 cm³/mol. The number of alkyl halides is 3. The highest BCUT2D eigenvalue weighted by molar-refractivity contribution is 5.87. The normalized spacial score (nSPS) is 19.5. The molecule has 3 aromatic rings. The Morgan fingerprint density at radius 2 is 1.88 bits per heavy atom. The van der Waals surface area contributed by atoms with Crippen LogP contribution in [0.5, 0.6) is 0 Å². The molecule has 2 unspecified atom stereocenters. The summed E-state index contributed by atoms with van der Waals surface area (Å²) in [6, 6.07) is 12.6. The molecule has 0 saturated carbocycles. The number of halogens is 3. The Labute approximate surface area is 187 Å². The third kappa shape index (κ3) is 4.59. The number of likely N-dealkylation sites (tertiary alicyclic amines) is 1. The van der Waals surface area contributed by atoms with Gasteiger partial charge in [-0.25, -0.2) is 0 Å². The number of aromatic nitrogens is 1. The Bertz CT molecular complexity index is 1150. The molecule has 0 amide bonds. The first-order valence-electron chi connectivity index (χ1n) is 10.6. The number of hydrogen-bond acceptors (Lipinski definition) is 5. The van der Waals surface area contributed by atoms with Gasteiger partial charge in [0.15, 0.2) is 0 Å². The van der Waals surface area contributed by atoms with E-state index >= 15 is 0 Å². The van der Waals surface area contributed by atoms with E-state index < -0.39 is 29.3 Å². The highest BCUT2D eigenvalue weighted by Crippen LogP contribution is 2.44. The minimum atomic E-state index is -5.01. The number of benzene rings is 2. The molecule has 0 radical (unpaired) electrons. The Morgan fingerprint density at radius 3 is 2.52 bits per heavy atom. The van der Waals surface area contributed by atoms with Gasteiger partial charge in [-0.1, -0.05) is 30.3 Å². The number of nitro benzene ring substituents is 1. The van der Waals surface area contributed by atoms with Crippen molar-refractivity contribution in [3.8, 4) is 0 Å². The van der Waals surface area contributed by atoms with Crippen molar-refractivity contribution in [3.63, 3.8) is 0 Å². The molecule has 1 aromatic heterocycles. The molecule has 2 heterocycles. The smallest absolute Gasteiger partial charge is 0.392 e. The summed E-state index contributed by atoms with van der Waals surface area (Å²) in [6.45, 7) is -0.208. The van der Waals surface area contributed by atoms with E-state index in [2.05, 4.69) is 0 Å². The van der Waals surface area contributed by atoms with E-state index in [0.29, 0.717) is 19.4 Å². The third-order valence-electron chi connectivity index (χ3n) is 6.12. The van der Waals surface area contributed by atoms with Gasteiger partial charge >= 0.3 is 6.18 Å². The van der Waals surface area contributed by atoms with Crippen LogP contribution >= 0.6 is 0 Å². The molecule has 1 aliphatic rings. The maximum absolute atomic E-state index is 14.4. The predicted octanol–water partition coefficient (Wildman–Crippen LogP) is 3.80. The summed E-state index contributed by atoms with van der Waals surface area (Å²) in [4.78, 5) is 12.1. The summed E-state index contributed by atoms with van der Waals surface area (Å²) in [6.07, 6.45) is -3.51. The first kappa shape index (κ1) is 23.2. The summed E-state index contributed by atoms with van der Waals surface area (Å²) in [5.74, 6) is 0. The summed E-state index contributed by atoms with van der Waals surface area (Å²) >= 11 is 0. The molecule has 10 heteroatoms. The van der Waals surface area contributed by atoms with Crippen molar-refractivity contribution in [3.05, 3.63) is 76.0 Å². The van der Waals surface area contributed by atoms with Crippen molar-refractivity contribution < 1.29 is 28.3 Å². The molecule has 33 heavy (non-hydrogen) atoms. The lowest BCUT2D eigenvalue weighted by Crippen LogP contribution is -2.53. The second kappa shape index (κ2) is 8.77. The molecule has 0 bridgehead atoms. The van der Waals surface area contributed by atoms with E-state index in [1.165, 1.54) is 27.8 Å². The minimum Gasteiger partial charge on any atom is -0.392 e. The van der Waals surface area contributed by atoms with E-state index in [9.17, 15) is 33.5 Å². The molecule has 1 aliphatic heterocycles. The van der Waals surface area contributed by atoms with Gasteiger partial charge in [0, 0.05) is 48.9 Å². The Balaban J connectivity index is 1.85. The maximum Gasteiger partial charge on any atom is 0.422 e. The number of nitrogens with zero attached hydrogens (tertiary/aromatic N) is 3. The third-order valence-corrected chi connectivity index (χ3v) is 6.12. The molecule has 2 N–H and O–H groups in total. The second-order valence-corrected chi connectivity index (χ2v) is 8.50. The Morgan fingerprint density at radius 1 is 1.15 bits per heavy atom. The highest BCUT2D eigenvalue weighted by atomic mass is 19.4. The van der Waals surface area contributed by atoms with Gasteiger partial charge in [0.25, 0.3) is 5.69 Å². The van der Waals surface area contributed by atoms with Crippen molar-refractivity contribution in [2.24, 2.45) is 0 Å². The molecule has 2 aromatic carbocycles. The fraction of sp³-hybridized carbons (Fsp3) is 0.391. The van der Waals surface area contributed by atoms with Crippen molar-refractivity contribution in [2.75, 3.05) is 19.6 Å². The number of hydrogen-bond donors (Lipinski definition) is 2. The van der Waals surface area contributed by atoms with Gasteiger partial charge in [0.1, 0.15) is 0 Å². The number of aliphatic hydroxyl groups excluding tert-OH is 1. The molecular weight excluding hydrogens is 439 g/mol. The summed E-state index contributed by atoms with van der Waals surface area (Å²) in [5.41, 5.74) is -2.82. The monoisotopic (exact) mass is 463 g/mol. The van der Waals surface area contributed by atoms with Crippen LogP contribution < -0.4 is 0 Å². The quantitative estimate of drug-likeness (QED) is 0.429. The van der Waals surface area contributed by atoms with Crippen LogP contribution in [0.3, 0.4) is 0 Å². The topological polar surface area (TPSA) is 91.8 Å². The highest BCUT2D eigenvalue weighted by Gasteiger charge is 2.57. The second-order valence-electron chi connectivity index (χ2n) is 8.50. The van der Waals surface area contributed by atoms with Gasteiger partial charge in [0.05, 0.1) is 16.5 Å². The van der Waals surface area contributed by atoms with E-state index in [4.69, 9.17) is 0 Å². The first-order valence-corrected chi connectivity index (χ1v) is 10.6. The van der Waals surface area contributed by atoms with Crippen molar-refractivity contribution in [2.45, 2.75) is 37.3 Å². The molecule has 0 spiro atoms. The fourth-order valence-corrected chi connectivity index (χ4v) is 4.46. The van der Waals surface area contributed by atoms with Gasteiger partial charge in [-0.2, -0.15) is 13.2 Å². The lowest BCUT2D eigenvalue weighted by Gasteiger charge is -2.38. The van der Waals surface area contributed by atoms with Crippen molar-refractivity contribution in [1.29, 1.82) is 0 Å². The van der Waals surface area contributed by atoms with Crippen LogP contribution in [-0.2, 0) is 12.1 Å². The van der Waals surface area contributed by atoms with Crippen LogP contribution in [-0.4, -0.2) is 56.5 Å². The fourth-order valence-electron chi connectivity index (χ4n) is 4.46. The number of nitro groups is 1. The van der Waals surface area contributed by atoms with Crippen LogP contribution in [0.15, 0.2) is 54.7 Å². The van der Waals surface area contributed by atoms with Gasteiger partial charge in [0.2, 0.25) is 5.60 Å². The Hall–Kier alpha value is -2.95. The zero-order chi connectivity index (χ0) is 23.8. The van der Waals surface area contributed by atoms with Crippen LogP contribution in [0.2, 0.25) is 0 Å². The van der Waals surface area contributed by atoms with Crippen molar-refractivity contribution >= 4 is 16.6 Å².